The molecule has 0 aromatic heterocycles. The summed E-state index contributed by atoms with van der Waals surface area (Å²) in [7, 11) is 0. The third-order valence-electron chi connectivity index (χ3n) is 1.81. The van der Waals surface area contributed by atoms with Crippen molar-refractivity contribution < 1.29 is 14.6 Å². The van der Waals surface area contributed by atoms with E-state index in [9.17, 15) is 4.79 Å². The van der Waals surface area contributed by atoms with E-state index in [0.29, 0.717) is 17.2 Å². The SMILES string of the molecule is CC[C@@H](Oc1ccc(Br)cc1Cl)C(=O)O. The number of ether oxygens (including phenoxy) is 1. The van der Waals surface area contributed by atoms with Gasteiger partial charge in [-0.25, -0.2) is 4.79 Å². The molecule has 0 saturated carbocycles. The number of hydrogen-bond acceptors (Lipinski definition) is 2. The highest BCUT2D eigenvalue weighted by Crippen LogP contribution is 2.28. The van der Waals surface area contributed by atoms with Gasteiger partial charge in [-0.05, 0) is 24.6 Å². The van der Waals surface area contributed by atoms with Gasteiger partial charge in [0.05, 0.1) is 5.02 Å². The van der Waals surface area contributed by atoms with Crippen LogP contribution in [0.2, 0.25) is 5.02 Å². The van der Waals surface area contributed by atoms with E-state index in [0.717, 1.165) is 4.47 Å². The molecule has 0 unspecified atom stereocenters. The van der Waals surface area contributed by atoms with Gasteiger partial charge in [0, 0.05) is 4.47 Å². The molecule has 0 radical (unpaired) electrons. The number of carboxylic acid groups (broad SMARTS) is 1. The fourth-order valence-corrected chi connectivity index (χ4v) is 1.75. The summed E-state index contributed by atoms with van der Waals surface area (Å²) in [4.78, 5) is 10.7. The van der Waals surface area contributed by atoms with E-state index < -0.39 is 12.1 Å². The molecule has 1 atom stereocenters. The molecule has 0 aliphatic heterocycles. The Bertz CT molecular complexity index is 368. The molecule has 0 aliphatic rings. The van der Waals surface area contributed by atoms with Crippen LogP contribution < -0.4 is 4.74 Å². The molecular weight excluding hydrogens is 283 g/mol. The minimum Gasteiger partial charge on any atom is -0.479 e. The Labute approximate surface area is 101 Å². The fraction of sp³-hybridized carbons (Fsp3) is 0.300. The number of carboxylic acids is 1. The number of hydrogen-bond donors (Lipinski definition) is 1. The van der Waals surface area contributed by atoms with Crippen molar-refractivity contribution in [3.05, 3.63) is 27.7 Å². The smallest absolute Gasteiger partial charge is 0.344 e. The second-order valence-corrected chi connectivity index (χ2v) is 4.25. The summed E-state index contributed by atoms with van der Waals surface area (Å²) in [5.41, 5.74) is 0. The quantitative estimate of drug-likeness (QED) is 0.926. The zero-order valence-corrected chi connectivity index (χ0v) is 10.4. The third kappa shape index (κ3) is 3.39. The van der Waals surface area contributed by atoms with Crippen LogP contribution in [0.1, 0.15) is 13.3 Å². The summed E-state index contributed by atoms with van der Waals surface area (Å²) in [6.45, 7) is 1.74. The Morgan fingerprint density at radius 3 is 2.80 bits per heavy atom. The van der Waals surface area contributed by atoms with E-state index in [1.54, 1.807) is 25.1 Å². The number of carbonyl (C=O) groups is 1. The molecule has 0 saturated heterocycles. The maximum absolute atomic E-state index is 10.7. The monoisotopic (exact) mass is 292 g/mol. The molecule has 0 heterocycles. The zero-order valence-electron chi connectivity index (χ0n) is 8.04. The minimum absolute atomic E-state index is 0.383. The average molecular weight is 294 g/mol. The summed E-state index contributed by atoms with van der Waals surface area (Å²) >= 11 is 9.14. The summed E-state index contributed by atoms with van der Waals surface area (Å²) in [6, 6.07) is 5.04. The summed E-state index contributed by atoms with van der Waals surface area (Å²) in [6.07, 6.45) is -0.467. The molecule has 82 valence electrons. The highest BCUT2D eigenvalue weighted by Gasteiger charge is 2.17. The number of benzene rings is 1. The maximum atomic E-state index is 10.7. The van der Waals surface area contributed by atoms with Crippen molar-refractivity contribution in [2.75, 3.05) is 0 Å². The predicted octanol–water partition coefficient (Wildman–Crippen LogP) is 3.34. The van der Waals surface area contributed by atoms with Gasteiger partial charge < -0.3 is 9.84 Å². The molecule has 1 rings (SSSR count). The Balaban J connectivity index is 2.84. The molecule has 0 fully saturated rings. The first-order valence-electron chi connectivity index (χ1n) is 4.39. The third-order valence-corrected chi connectivity index (χ3v) is 2.60. The van der Waals surface area contributed by atoms with Crippen LogP contribution in [0.3, 0.4) is 0 Å². The second kappa shape index (κ2) is 5.37. The summed E-state index contributed by atoms with van der Waals surface area (Å²) < 4.78 is 6.08. The van der Waals surface area contributed by atoms with Crippen LogP contribution in [0.5, 0.6) is 5.75 Å². The number of rotatable bonds is 4. The highest BCUT2D eigenvalue weighted by atomic mass is 79.9. The largest absolute Gasteiger partial charge is 0.479 e. The molecule has 1 aromatic rings. The molecule has 1 N–H and O–H groups in total. The van der Waals surface area contributed by atoms with Crippen LogP contribution in [0, 0.1) is 0 Å². The second-order valence-electron chi connectivity index (χ2n) is 2.93. The first kappa shape index (κ1) is 12.3. The van der Waals surface area contributed by atoms with Crippen LogP contribution >= 0.6 is 27.5 Å². The lowest BCUT2D eigenvalue weighted by atomic mass is 10.2. The van der Waals surface area contributed by atoms with Gasteiger partial charge in [-0.2, -0.15) is 0 Å². The lowest BCUT2D eigenvalue weighted by molar-refractivity contribution is -0.145. The van der Waals surface area contributed by atoms with Crippen molar-refractivity contribution in [1.82, 2.24) is 0 Å². The van der Waals surface area contributed by atoms with Gasteiger partial charge in [0.15, 0.2) is 6.10 Å². The Morgan fingerprint density at radius 1 is 1.67 bits per heavy atom. The van der Waals surface area contributed by atoms with Gasteiger partial charge >= 0.3 is 5.97 Å². The number of halogens is 2. The first-order valence-corrected chi connectivity index (χ1v) is 5.56. The average Bonchev–Trinajstić information content (AvgIpc) is 2.16. The lowest BCUT2D eigenvalue weighted by Gasteiger charge is -2.14. The van der Waals surface area contributed by atoms with Crippen molar-refractivity contribution in [3.63, 3.8) is 0 Å². The van der Waals surface area contributed by atoms with Crippen LogP contribution in [0.25, 0.3) is 0 Å². The Kier molecular flexibility index (Phi) is 4.42. The van der Waals surface area contributed by atoms with Gasteiger partial charge in [-0.15, -0.1) is 0 Å². The molecule has 5 heteroatoms. The van der Waals surface area contributed by atoms with Gasteiger partial charge in [-0.3, -0.25) is 0 Å². The molecule has 0 amide bonds. The van der Waals surface area contributed by atoms with Gasteiger partial charge in [0.2, 0.25) is 0 Å². The van der Waals surface area contributed by atoms with E-state index in [-0.39, 0.29) is 0 Å². The van der Waals surface area contributed by atoms with Crippen molar-refractivity contribution >= 4 is 33.5 Å². The minimum atomic E-state index is -0.989. The van der Waals surface area contributed by atoms with E-state index in [1.807, 2.05) is 0 Å². The van der Waals surface area contributed by atoms with Gasteiger partial charge in [0.1, 0.15) is 5.75 Å². The van der Waals surface area contributed by atoms with Gasteiger partial charge in [-0.1, -0.05) is 34.5 Å². The first-order chi connectivity index (χ1) is 7.04. The summed E-state index contributed by atoms with van der Waals surface area (Å²) in [5, 5.41) is 9.20. The van der Waals surface area contributed by atoms with E-state index in [2.05, 4.69) is 15.9 Å². The van der Waals surface area contributed by atoms with Crippen LogP contribution in [0.15, 0.2) is 22.7 Å². The van der Waals surface area contributed by atoms with Crippen molar-refractivity contribution in [2.24, 2.45) is 0 Å². The van der Waals surface area contributed by atoms with E-state index in [1.165, 1.54) is 0 Å². The Hall–Kier alpha value is -0.740. The normalized spacial score (nSPS) is 12.2. The zero-order chi connectivity index (χ0) is 11.4. The lowest BCUT2D eigenvalue weighted by Crippen LogP contribution is -2.25. The number of aliphatic carboxylic acids is 1. The molecule has 0 spiro atoms. The molecule has 0 bridgehead atoms. The van der Waals surface area contributed by atoms with E-state index in [4.69, 9.17) is 21.4 Å². The summed E-state index contributed by atoms with van der Waals surface area (Å²) in [5.74, 6) is -0.606. The maximum Gasteiger partial charge on any atom is 0.344 e. The van der Waals surface area contributed by atoms with Crippen LogP contribution in [0.4, 0.5) is 0 Å². The molecular formula is C10H10BrClO3. The molecule has 15 heavy (non-hydrogen) atoms. The van der Waals surface area contributed by atoms with Crippen molar-refractivity contribution in [1.29, 1.82) is 0 Å². The standard InChI is InChI=1S/C10H10BrClO3/c1-2-8(10(13)14)15-9-4-3-6(11)5-7(9)12/h3-5,8H,2H2,1H3,(H,13,14)/t8-/m1/s1. The van der Waals surface area contributed by atoms with Crippen LogP contribution in [-0.2, 0) is 4.79 Å². The van der Waals surface area contributed by atoms with Crippen molar-refractivity contribution in [3.8, 4) is 5.75 Å². The van der Waals surface area contributed by atoms with Crippen LogP contribution in [-0.4, -0.2) is 17.2 Å². The Morgan fingerprint density at radius 2 is 2.33 bits per heavy atom. The van der Waals surface area contributed by atoms with Gasteiger partial charge in [0.25, 0.3) is 0 Å². The van der Waals surface area contributed by atoms with Crippen molar-refractivity contribution in [2.45, 2.75) is 19.4 Å². The topological polar surface area (TPSA) is 46.5 Å². The fourth-order valence-electron chi connectivity index (χ4n) is 1.03. The van der Waals surface area contributed by atoms with E-state index >= 15 is 0 Å². The molecule has 0 aliphatic carbocycles. The highest BCUT2D eigenvalue weighted by molar-refractivity contribution is 9.10. The molecule has 3 nitrogen and oxygen atoms in total. The predicted molar refractivity (Wildman–Crippen MR) is 61.5 cm³/mol. The molecule has 1 aromatic carbocycles.